The molecule has 0 atom stereocenters. The van der Waals surface area contributed by atoms with Crippen molar-refractivity contribution in [2.45, 2.75) is 6.54 Å². The van der Waals surface area contributed by atoms with Crippen LogP contribution in [0.1, 0.15) is 16.8 Å². The molecule has 3 aromatic rings. The van der Waals surface area contributed by atoms with Crippen LogP contribution in [0.2, 0.25) is 5.02 Å². The lowest BCUT2D eigenvalue weighted by molar-refractivity contribution is -0.115. The van der Waals surface area contributed by atoms with Gasteiger partial charge in [0.1, 0.15) is 0 Å². The average Bonchev–Trinajstić information content (AvgIpc) is 2.67. The average molecular weight is 349 g/mol. The number of hydrogen-bond donors (Lipinski definition) is 1. The second-order valence-corrected chi connectivity index (χ2v) is 5.86. The molecule has 1 amide bonds. The summed E-state index contributed by atoms with van der Waals surface area (Å²) in [5, 5.41) is 3.53. The first-order valence-electron chi connectivity index (χ1n) is 7.94. The minimum Gasteiger partial charge on any atom is -0.346 e. The smallest absolute Gasteiger partial charge is 0.252 e. The third kappa shape index (κ3) is 4.55. The van der Waals surface area contributed by atoms with Gasteiger partial charge in [0.05, 0.1) is 12.2 Å². The highest BCUT2D eigenvalue weighted by Crippen LogP contribution is 2.23. The normalized spacial score (nSPS) is 11.2. The number of carbonyl (C=O) groups excluding carboxylic acids is 1. The van der Waals surface area contributed by atoms with Crippen LogP contribution in [0.5, 0.6) is 0 Å². The SMILES string of the molecule is O=C(NCc1ccccn1)C(=Cc1ccccc1Cl)c1ccccc1. The molecule has 25 heavy (non-hydrogen) atoms. The Morgan fingerprint density at radius 2 is 1.68 bits per heavy atom. The molecule has 1 aromatic heterocycles. The van der Waals surface area contributed by atoms with E-state index in [-0.39, 0.29) is 5.91 Å². The van der Waals surface area contributed by atoms with Gasteiger partial charge in [0.25, 0.3) is 5.91 Å². The largest absolute Gasteiger partial charge is 0.346 e. The summed E-state index contributed by atoms with van der Waals surface area (Å²) < 4.78 is 0. The van der Waals surface area contributed by atoms with E-state index in [0.717, 1.165) is 16.8 Å². The minimum atomic E-state index is -0.170. The van der Waals surface area contributed by atoms with Crippen molar-refractivity contribution in [2.75, 3.05) is 0 Å². The van der Waals surface area contributed by atoms with Crippen LogP contribution in [0.3, 0.4) is 0 Å². The van der Waals surface area contributed by atoms with E-state index in [9.17, 15) is 4.79 Å². The van der Waals surface area contributed by atoms with Gasteiger partial charge in [0, 0.05) is 16.8 Å². The first-order valence-corrected chi connectivity index (χ1v) is 8.31. The second kappa shape index (κ2) is 8.27. The Kier molecular flexibility index (Phi) is 5.60. The van der Waals surface area contributed by atoms with Gasteiger partial charge in [0.2, 0.25) is 0 Å². The van der Waals surface area contributed by atoms with E-state index in [2.05, 4.69) is 10.3 Å². The van der Waals surface area contributed by atoms with E-state index in [1.54, 1.807) is 6.20 Å². The molecule has 0 spiro atoms. The maximum absolute atomic E-state index is 12.8. The summed E-state index contributed by atoms with van der Waals surface area (Å²) in [5.41, 5.74) is 3.00. The zero-order chi connectivity index (χ0) is 17.5. The summed E-state index contributed by atoms with van der Waals surface area (Å²) in [4.78, 5) is 17.0. The number of amides is 1. The molecule has 0 fully saturated rings. The van der Waals surface area contributed by atoms with Crippen LogP contribution >= 0.6 is 11.6 Å². The molecule has 0 saturated carbocycles. The lowest BCUT2D eigenvalue weighted by Gasteiger charge is -2.10. The number of rotatable bonds is 5. The molecule has 0 aliphatic rings. The highest BCUT2D eigenvalue weighted by molar-refractivity contribution is 6.33. The van der Waals surface area contributed by atoms with E-state index in [1.165, 1.54) is 0 Å². The van der Waals surface area contributed by atoms with Gasteiger partial charge < -0.3 is 5.32 Å². The number of hydrogen-bond acceptors (Lipinski definition) is 2. The van der Waals surface area contributed by atoms with Crippen molar-refractivity contribution in [1.82, 2.24) is 10.3 Å². The number of halogens is 1. The lowest BCUT2D eigenvalue weighted by atomic mass is 10.0. The number of carbonyl (C=O) groups is 1. The van der Waals surface area contributed by atoms with Crippen LogP contribution in [0.25, 0.3) is 11.6 Å². The Hall–Kier alpha value is -2.91. The Balaban J connectivity index is 1.89. The van der Waals surface area contributed by atoms with Crippen LogP contribution in [0, 0.1) is 0 Å². The van der Waals surface area contributed by atoms with Crippen LogP contribution in [0.15, 0.2) is 79.0 Å². The molecule has 3 rings (SSSR count). The van der Waals surface area contributed by atoms with Crippen LogP contribution < -0.4 is 5.32 Å². The van der Waals surface area contributed by atoms with Crippen molar-refractivity contribution in [3.05, 3.63) is 101 Å². The van der Waals surface area contributed by atoms with Crippen LogP contribution in [0.4, 0.5) is 0 Å². The standard InChI is InChI=1S/C21H17ClN2O/c22-20-12-5-4-10-17(20)14-19(16-8-2-1-3-9-16)21(25)24-15-18-11-6-7-13-23-18/h1-14H,15H2,(H,24,25). The zero-order valence-corrected chi connectivity index (χ0v) is 14.3. The van der Waals surface area contributed by atoms with E-state index in [1.807, 2.05) is 78.9 Å². The van der Waals surface area contributed by atoms with Gasteiger partial charge >= 0.3 is 0 Å². The fourth-order valence-corrected chi connectivity index (χ4v) is 2.60. The fraction of sp³-hybridized carbons (Fsp3) is 0.0476. The molecule has 3 nitrogen and oxygen atoms in total. The molecular weight excluding hydrogens is 332 g/mol. The molecule has 0 aliphatic carbocycles. The number of benzene rings is 2. The van der Waals surface area contributed by atoms with Gasteiger partial charge in [-0.3, -0.25) is 9.78 Å². The van der Waals surface area contributed by atoms with Gasteiger partial charge in [-0.25, -0.2) is 0 Å². The molecule has 0 saturated heterocycles. The first-order chi connectivity index (χ1) is 12.2. The molecule has 1 N–H and O–H groups in total. The minimum absolute atomic E-state index is 0.170. The summed E-state index contributed by atoms with van der Waals surface area (Å²) in [6.07, 6.45) is 3.52. The summed E-state index contributed by atoms with van der Waals surface area (Å²) in [6.45, 7) is 0.367. The van der Waals surface area contributed by atoms with E-state index in [4.69, 9.17) is 11.6 Å². The Morgan fingerprint density at radius 3 is 2.40 bits per heavy atom. The number of pyridine rings is 1. The van der Waals surface area contributed by atoms with Gasteiger partial charge in [-0.15, -0.1) is 0 Å². The third-order valence-corrected chi connectivity index (χ3v) is 4.03. The summed E-state index contributed by atoms with van der Waals surface area (Å²) >= 11 is 6.25. The number of aromatic nitrogens is 1. The predicted octanol–water partition coefficient (Wildman–Crippen LogP) is 4.59. The van der Waals surface area contributed by atoms with Gasteiger partial charge in [-0.05, 0) is 35.4 Å². The predicted molar refractivity (Wildman–Crippen MR) is 102 cm³/mol. The van der Waals surface area contributed by atoms with Crippen LogP contribution in [-0.2, 0) is 11.3 Å². The maximum atomic E-state index is 12.8. The molecule has 0 aliphatic heterocycles. The zero-order valence-electron chi connectivity index (χ0n) is 13.5. The summed E-state index contributed by atoms with van der Waals surface area (Å²) in [7, 11) is 0. The molecule has 0 radical (unpaired) electrons. The third-order valence-electron chi connectivity index (χ3n) is 3.69. The molecule has 0 unspecified atom stereocenters. The molecule has 4 heteroatoms. The van der Waals surface area contributed by atoms with Gasteiger partial charge in [-0.2, -0.15) is 0 Å². The highest BCUT2D eigenvalue weighted by Gasteiger charge is 2.13. The molecule has 2 aromatic carbocycles. The van der Waals surface area contributed by atoms with Crippen LogP contribution in [-0.4, -0.2) is 10.9 Å². The van der Waals surface area contributed by atoms with Crippen molar-refractivity contribution in [3.63, 3.8) is 0 Å². The van der Waals surface area contributed by atoms with Crippen molar-refractivity contribution >= 4 is 29.2 Å². The lowest BCUT2D eigenvalue weighted by Crippen LogP contribution is -2.24. The molecule has 1 heterocycles. The number of nitrogens with one attached hydrogen (secondary N) is 1. The van der Waals surface area contributed by atoms with Gasteiger partial charge in [0.15, 0.2) is 0 Å². The Labute approximate surface area is 152 Å². The van der Waals surface area contributed by atoms with Crippen molar-refractivity contribution in [3.8, 4) is 0 Å². The second-order valence-electron chi connectivity index (χ2n) is 5.45. The van der Waals surface area contributed by atoms with E-state index >= 15 is 0 Å². The molecule has 124 valence electrons. The highest BCUT2D eigenvalue weighted by atomic mass is 35.5. The Bertz CT molecular complexity index is 877. The number of nitrogens with zero attached hydrogens (tertiary/aromatic N) is 1. The summed E-state index contributed by atoms with van der Waals surface area (Å²) in [6, 6.07) is 22.6. The molecule has 0 bridgehead atoms. The van der Waals surface area contributed by atoms with Gasteiger partial charge in [-0.1, -0.05) is 66.2 Å². The topological polar surface area (TPSA) is 42.0 Å². The summed E-state index contributed by atoms with van der Waals surface area (Å²) in [5.74, 6) is -0.170. The van der Waals surface area contributed by atoms with Crippen molar-refractivity contribution < 1.29 is 4.79 Å². The van der Waals surface area contributed by atoms with Crippen molar-refractivity contribution in [2.24, 2.45) is 0 Å². The maximum Gasteiger partial charge on any atom is 0.252 e. The van der Waals surface area contributed by atoms with E-state index in [0.29, 0.717) is 17.1 Å². The Morgan fingerprint density at radius 1 is 0.960 bits per heavy atom. The quantitative estimate of drug-likeness (QED) is 0.541. The van der Waals surface area contributed by atoms with Crippen molar-refractivity contribution in [1.29, 1.82) is 0 Å². The first kappa shape index (κ1) is 16.9. The van der Waals surface area contributed by atoms with E-state index < -0.39 is 0 Å². The monoisotopic (exact) mass is 348 g/mol. The fourth-order valence-electron chi connectivity index (χ4n) is 2.41. The molecular formula is C21H17ClN2O.